The third kappa shape index (κ3) is 5.14. The Morgan fingerprint density at radius 1 is 1.03 bits per heavy atom. The van der Waals surface area contributed by atoms with Crippen molar-refractivity contribution in [3.63, 3.8) is 0 Å². The van der Waals surface area contributed by atoms with Gasteiger partial charge in [-0.2, -0.15) is 4.98 Å². The first-order valence-electron chi connectivity index (χ1n) is 11.1. The molecule has 0 saturated heterocycles. The van der Waals surface area contributed by atoms with E-state index in [2.05, 4.69) is 36.2 Å². The van der Waals surface area contributed by atoms with Gasteiger partial charge in [-0.3, -0.25) is 4.79 Å². The lowest BCUT2D eigenvalue weighted by Crippen LogP contribution is -2.14. The fraction of sp³-hybridized carbons (Fsp3) is 0.222. The Labute approximate surface area is 198 Å². The fourth-order valence-corrected chi connectivity index (χ4v) is 3.49. The Hall–Kier alpha value is -4.00. The van der Waals surface area contributed by atoms with E-state index >= 15 is 0 Å². The van der Waals surface area contributed by atoms with E-state index in [0.717, 1.165) is 0 Å². The number of benzene rings is 3. The summed E-state index contributed by atoms with van der Waals surface area (Å²) in [5, 5.41) is 7.33. The van der Waals surface area contributed by atoms with E-state index in [1.54, 1.807) is 28.9 Å². The molecule has 1 heterocycles. The highest BCUT2D eigenvalue weighted by Gasteiger charge is 2.16. The second kappa shape index (κ2) is 9.47. The Morgan fingerprint density at radius 2 is 1.74 bits per heavy atom. The first kappa shape index (κ1) is 23.2. The molecule has 1 amide bonds. The van der Waals surface area contributed by atoms with E-state index in [4.69, 9.17) is 4.74 Å². The fourth-order valence-electron chi connectivity index (χ4n) is 3.49. The number of ether oxygens (including phenoxy) is 1. The van der Waals surface area contributed by atoms with Crippen molar-refractivity contribution in [1.82, 2.24) is 14.8 Å². The molecular formula is C27H27FN4O2. The molecule has 0 unspecified atom stereocenters. The minimum Gasteiger partial charge on any atom is -0.463 e. The average molecular weight is 459 g/mol. The number of carbonyl (C=O) groups is 1. The number of anilines is 1. The van der Waals surface area contributed by atoms with Crippen LogP contribution in [0.5, 0.6) is 6.01 Å². The molecule has 0 aliphatic rings. The van der Waals surface area contributed by atoms with Crippen LogP contribution in [0.4, 0.5) is 10.1 Å². The molecule has 174 valence electrons. The van der Waals surface area contributed by atoms with Gasteiger partial charge in [0.2, 0.25) is 0 Å². The second-order valence-corrected chi connectivity index (χ2v) is 8.90. The van der Waals surface area contributed by atoms with E-state index < -0.39 is 0 Å². The van der Waals surface area contributed by atoms with Gasteiger partial charge in [0.1, 0.15) is 5.82 Å². The zero-order chi connectivity index (χ0) is 24.3. The van der Waals surface area contributed by atoms with Gasteiger partial charge in [-0.15, -0.1) is 5.10 Å². The van der Waals surface area contributed by atoms with Crippen LogP contribution in [0.15, 0.2) is 72.8 Å². The van der Waals surface area contributed by atoms with Crippen LogP contribution < -0.4 is 10.1 Å². The molecule has 0 aliphatic carbocycles. The predicted molar refractivity (Wildman–Crippen MR) is 131 cm³/mol. The highest BCUT2D eigenvalue weighted by molar-refractivity contribution is 6.04. The number of hydrogen-bond donors (Lipinski definition) is 1. The SMILES string of the molecule is CCOc1nc(-c2cccc(F)c2)n(-c2ccc(NC(=O)c3ccc(C(C)(C)C)cc3)cc2)n1. The summed E-state index contributed by atoms with van der Waals surface area (Å²) in [4.78, 5) is 17.1. The lowest BCUT2D eigenvalue weighted by molar-refractivity contribution is 0.102. The lowest BCUT2D eigenvalue weighted by atomic mass is 9.87. The van der Waals surface area contributed by atoms with Crippen molar-refractivity contribution in [2.45, 2.75) is 33.1 Å². The van der Waals surface area contributed by atoms with Gasteiger partial charge in [-0.25, -0.2) is 9.07 Å². The van der Waals surface area contributed by atoms with Gasteiger partial charge in [0, 0.05) is 16.8 Å². The Bertz CT molecular complexity index is 1290. The van der Waals surface area contributed by atoms with Crippen LogP contribution in [-0.2, 0) is 5.41 Å². The quantitative estimate of drug-likeness (QED) is 0.383. The van der Waals surface area contributed by atoms with Crippen molar-refractivity contribution < 1.29 is 13.9 Å². The Kier molecular flexibility index (Phi) is 6.45. The molecule has 0 fully saturated rings. The maximum atomic E-state index is 13.8. The van der Waals surface area contributed by atoms with E-state index in [1.165, 1.54) is 17.7 Å². The van der Waals surface area contributed by atoms with Crippen molar-refractivity contribution in [3.8, 4) is 23.1 Å². The number of hydrogen-bond acceptors (Lipinski definition) is 4. The standard InChI is InChI=1S/C27H27FN4O2/c1-5-34-26-30-24(19-7-6-8-21(28)17-19)32(31-26)23-15-13-22(14-16-23)29-25(33)18-9-11-20(12-10-18)27(2,3)4/h6-17H,5H2,1-4H3,(H,29,33). The van der Waals surface area contributed by atoms with Crippen LogP contribution >= 0.6 is 0 Å². The summed E-state index contributed by atoms with van der Waals surface area (Å²) in [6.45, 7) is 8.66. The summed E-state index contributed by atoms with van der Waals surface area (Å²) in [5.41, 5.74) is 3.70. The van der Waals surface area contributed by atoms with Crippen LogP contribution in [0.2, 0.25) is 0 Å². The summed E-state index contributed by atoms with van der Waals surface area (Å²) >= 11 is 0. The van der Waals surface area contributed by atoms with Gasteiger partial charge in [0.05, 0.1) is 12.3 Å². The van der Waals surface area contributed by atoms with Crippen molar-refractivity contribution in [2.75, 3.05) is 11.9 Å². The Morgan fingerprint density at radius 3 is 2.35 bits per heavy atom. The summed E-state index contributed by atoms with van der Waals surface area (Å²) < 4.78 is 20.9. The zero-order valence-corrected chi connectivity index (χ0v) is 19.7. The average Bonchev–Trinajstić information content (AvgIpc) is 3.23. The molecule has 6 nitrogen and oxygen atoms in total. The number of carbonyl (C=O) groups excluding carboxylic acids is 1. The minimum absolute atomic E-state index is 0.0264. The van der Waals surface area contributed by atoms with Crippen LogP contribution in [0.3, 0.4) is 0 Å². The highest BCUT2D eigenvalue weighted by atomic mass is 19.1. The molecule has 4 aromatic rings. The molecule has 0 bridgehead atoms. The maximum absolute atomic E-state index is 13.8. The molecule has 0 saturated carbocycles. The van der Waals surface area contributed by atoms with Gasteiger partial charge in [0.15, 0.2) is 5.82 Å². The summed E-state index contributed by atoms with van der Waals surface area (Å²) in [5.74, 6) is -0.0923. The van der Waals surface area contributed by atoms with Gasteiger partial charge < -0.3 is 10.1 Å². The summed E-state index contributed by atoms with van der Waals surface area (Å²) in [7, 11) is 0. The number of amides is 1. The topological polar surface area (TPSA) is 69.0 Å². The molecular weight excluding hydrogens is 431 g/mol. The molecule has 3 aromatic carbocycles. The van der Waals surface area contributed by atoms with Gasteiger partial charge in [-0.1, -0.05) is 45.0 Å². The normalized spacial score (nSPS) is 11.3. The zero-order valence-electron chi connectivity index (χ0n) is 19.7. The third-order valence-corrected chi connectivity index (χ3v) is 5.33. The van der Waals surface area contributed by atoms with Crippen molar-refractivity contribution >= 4 is 11.6 Å². The van der Waals surface area contributed by atoms with Gasteiger partial charge in [-0.05, 0) is 66.4 Å². The van der Waals surface area contributed by atoms with Gasteiger partial charge in [0.25, 0.3) is 5.91 Å². The highest BCUT2D eigenvalue weighted by Crippen LogP contribution is 2.26. The Balaban J connectivity index is 1.56. The molecule has 0 radical (unpaired) electrons. The monoisotopic (exact) mass is 458 g/mol. The molecule has 4 rings (SSSR count). The number of nitrogens with zero attached hydrogens (tertiary/aromatic N) is 3. The van der Waals surface area contributed by atoms with Crippen LogP contribution in [0.25, 0.3) is 17.1 Å². The molecule has 7 heteroatoms. The predicted octanol–water partition coefficient (Wildman–Crippen LogP) is 6.02. The van der Waals surface area contributed by atoms with E-state index in [0.29, 0.717) is 34.9 Å². The smallest absolute Gasteiger partial charge is 0.336 e. The minimum atomic E-state index is -0.362. The molecule has 34 heavy (non-hydrogen) atoms. The lowest BCUT2D eigenvalue weighted by Gasteiger charge is -2.19. The van der Waals surface area contributed by atoms with Crippen LogP contribution in [0.1, 0.15) is 43.6 Å². The molecule has 0 spiro atoms. The first-order chi connectivity index (χ1) is 16.2. The van der Waals surface area contributed by atoms with E-state index in [9.17, 15) is 9.18 Å². The number of rotatable bonds is 6. The third-order valence-electron chi connectivity index (χ3n) is 5.33. The molecule has 1 aromatic heterocycles. The molecule has 0 aliphatic heterocycles. The number of halogens is 1. The summed E-state index contributed by atoms with van der Waals surface area (Å²) in [6.07, 6.45) is 0. The van der Waals surface area contributed by atoms with Crippen molar-refractivity contribution in [3.05, 3.63) is 89.7 Å². The van der Waals surface area contributed by atoms with E-state index in [1.807, 2.05) is 43.3 Å². The number of nitrogens with one attached hydrogen (secondary N) is 1. The first-order valence-corrected chi connectivity index (χ1v) is 11.1. The number of aromatic nitrogens is 3. The van der Waals surface area contributed by atoms with Gasteiger partial charge >= 0.3 is 6.01 Å². The van der Waals surface area contributed by atoms with Crippen molar-refractivity contribution in [2.24, 2.45) is 0 Å². The molecule has 0 atom stereocenters. The van der Waals surface area contributed by atoms with Crippen molar-refractivity contribution in [1.29, 1.82) is 0 Å². The van der Waals surface area contributed by atoms with E-state index in [-0.39, 0.29) is 23.1 Å². The second-order valence-electron chi connectivity index (χ2n) is 8.90. The van der Waals surface area contributed by atoms with Crippen LogP contribution in [-0.4, -0.2) is 27.3 Å². The maximum Gasteiger partial charge on any atom is 0.336 e. The summed E-state index contributed by atoms with van der Waals surface area (Å²) in [6, 6.07) is 21.2. The largest absolute Gasteiger partial charge is 0.463 e. The molecule has 1 N–H and O–H groups in total. The van der Waals surface area contributed by atoms with Crippen LogP contribution in [0, 0.1) is 5.82 Å².